The number of rotatable bonds is 6. The van der Waals surface area contributed by atoms with Crippen LogP contribution in [0.3, 0.4) is 0 Å². The van der Waals surface area contributed by atoms with E-state index in [0.29, 0.717) is 22.6 Å². The van der Waals surface area contributed by atoms with Gasteiger partial charge in [-0.25, -0.2) is 9.07 Å². The molecule has 0 aliphatic heterocycles. The minimum Gasteiger partial charge on any atom is -0.497 e. The van der Waals surface area contributed by atoms with Gasteiger partial charge in [0.1, 0.15) is 17.3 Å². The largest absolute Gasteiger partial charge is 0.497 e. The van der Waals surface area contributed by atoms with Crippen LogP contribution in [-0.2, 0) is 0 Å². The molecule has 0 spiro atoms. The zero-order valence-corrected chi connectivity index (χ0v) is 17.1. The van der Waals surface area contributed by atoms with Crippen LogP contribution in [0.15, 0.2) is 79.0 Å². The first kappa shape index (κ1) is 20.8. The Labute approximate surface area is 183 Å². The molecule has 0 unspecified atom stereocenters. The molecule has 0 saturated carbocycles. The lowest BCUT2D eigenvalue weighted by atomic mass is 10.1. The molecular formula is C24H19FN4O3. The van der Waals surface area contributed by atoms with Crippen molar-refractivity contribution >= 4 is 17.5 Å². The molecule has 2 amide bonds. The first-order valence-corrected chi connectivity index (χ1v) is 9.66. The average Bonchev–Trinajstić information content (AvgIpc) is 3.26. The molecule has 3 aromatic carbocycles. The standard InChI is InChI=1S/C24H19FN4O3/c1-32-18-10-7-15(8-11-18)22-20(14-29(28-22)17-5-3-2-4-6-17)24(31)27-16-9-12-21(25)19(13-16)23(26)30/h2-14H,1H3,(H2,26,30)(H,27,31). The first-order chi connectivity index (χ1) is 15.5. The van der Waals surface area contributed by atoms with Crippen molar-refractivity contribution in [2.24, 2.45) is 5.73 Å². The zero-order valence-electron chi connectivity index (χ0n) is 17.1. The third-order valence-corrected chi connectivity index (χ3v) is 4.83. The molecule has 0 aliphatic rings. The zero-order chi connectivity index (χ0) is 22.7. The number of hydrogen-bond acceptors (Lipinski definition) is 4. The number of nitrogens with zero attached hydrogens (tertiary/aromatic N) is 2. The number of para-hydroxylation sites is 1. The molecule has 7 nitrogen and oxygen atoms in total. The number of nitrogens with two attached hydrogens (primary N) is 1. The van der Waals surface area contributed by atoms with Gasteiger partial charge in [-0.05, 0) is 54.6 Å². The summed E-state index contributed by atoms with van der Waals surface area (Å²) in [7, 11) is 1.57. The number of halogens is 1. The van der Waals surface area contributed by atoms with Gasteiger partial charge < -0.3 is 15.8 Å². The Hall–Kier alpha value is -4.46. The number of carbonyl (C=O) groups is 2. The van der Waals surface area contributed by atoms with Crippen molar-refractivity contribution in [3.63, 3.8) is 0 Å². The lowest BCUT2D eigenvalue weighted by Crippen LogP contribution is -2.16. The molecular weight excluding hydrogens is 411 g/mol. The van der Waals surface area contributed by atoms with Crippen molar-refractivity contribution in [3.05, 3.63) is 95.9 Å². The fourth-order valence-electron chi connectivity index (χ4n) is 3.21. The predicted octanol–water partition coefficient (Wildman–Crippen LogP) is 4.04. The van der Waals surface area contributed by atoms with Crippen LogP contribution in [0.1, 0.15) is 20.7 Å². The van der Waals surface area contributed by atoms with E-state index in [1.165, 1.54) is 12.1 Å². The van der Waals surface area contributed by atoms with Crippen LogP contribution in [0, 0.1) is 5.82 Å². The van der Waals surface area contributed by atoms with E-state index in [9.17, 15) is 14.0 Å². The van der Waals surface area contributed by atoms with E-state index in [4.69, 9.17) is 10.5 Å². The molecule has 0 fully saturated rings. The molecule has 0 saturated heterocycles. The lowest BCUT2D eigenvalue weighted by Gasteiger charge is -2.08. The second kappa shape index (κ2) is 8.73. The number of benzene rings is 3. The maximum Gasteiger partial charge on any atom is 0.259 e. The number of primary amides is 1. The molecule has 4 aromatic rings. The maximum atomic E-state index is 13.8. The number of amides is 2. The van der Waals surface area contributed by atoms with E-state index in [2.05, 4.69) is 10.4 Å². The van der Waals surface area contributed by atoms with Crippen molar-refractivity contribution in [1.82, 2.24) is 9.78 Å². The van der Waals surface area contributed by atoms with Gasteiger partial charge in [-0.15, -0.1) is 0 Å². The van der Waals surface area contributed by atoms with E-state index in [-0.39, 0.29) is 11.3 Å². The van der Waals surface area contributed by atoms with E-state index < -0.39 is 17.6 Å². The van der Waals surface area contributed by atoms with Gasteiger partial charge in [0.2, 0.25) is 0 Å². The van der Waals surface area contributed by atoms with Crippen LogP contribution in [0.5, 0.6) is 5.75 Å². The topological polar surface area (TPSA) is 99.2 Å². The van der Waals surface area contributed by atoms with Gasteiger partial charge in [-0.1, -0.05) is 18.2 Å². The molecule has 160 valence electrons. The highest BCUT2D eigenvalue weighted by Crippen LogP contribution is 2.27. The van der Waals surface area contributed by atoms with Crippen LogP contribution in [0.4, 0.5) is 10.1 Å². The number of methoxy groups -OCH3 is 1. The Bertz CT molecular complexity index is 1280. The number of anilines is 1. The third kappa shape index (κ3) is 4.20. The smallest absolute Gasteiger partial charge is 0.259 e. The van der Waals surface area contributed by atoms with Gasteiger partial charge >= 0.3 is 0 Å². The Morgan fingerprint density at radius 3 is 2.38 bits per heavy atom. The molecule has 1 heterocycles. The summed E-state index contributed by atoms with van der Waals surface area (Å²) in [5.74, 6) is -1.48. The normalized spacial score (nSPS) is 10.6. The molecule has 0 radical (unpaired) electrons. The van der Waals surface area contributed by atoms with Crippen molar-refractivity contribution in [1.29, 1.82) is 0 Å². The number of carbonyl (C=O) groups excluding carboxylic acids is 2. The minimum absolute atomic E-state index is 0.235. The summed E-state index contributed by atoms with van der Waals surface area (Å²) < 4.78 is 20.6. The monoisotopic (exact) mass is 430 g/mol. The summed E-state index contributed by atoms with van der Waals surface area (Å²) in [4.78, 5) is 24.6. The van der Waals surface area contributed by atoms with E-state index >= 15 is 0 Å². The van der Waals surface area contributed by atoms with Gasteiger partial charge in [0.15, 0.2) is 0 Å². The Morgan fingerprint density at radius 1 is 1.00 bits per heavy atom. The summed E-state index contributed by atoms with van der Waals surface area (Å²) in [5.41, 5.74) is 7.36. The molecule has 32 heavy (non-hydrogen) atoms. The summed E-state index contributed by atoms with van der Waals surface area (Å²) in [5, 5.41) is 7.30. The van der Waals surface area contributed by atoms with Gasteiger partial charge in [0.25, 0.3) is 11.8 Å². The Balaban J connectivity index is 1.74. The van der Waals surface area contributed by atoms with Crippen molar-refractivity contribution in [3.8, 4) is 22.7 Å². The number of ether oxygens (including phenoxy) is 1. The van der Waals surface area contributed by atoms with Gasteiger partial charge in [-0.3, -0.25) is 9.59 Å². The Kier molecular flexibility index (Phi) is 5.67. The van der Waals surface area contributed by atoms with Crippen molar-refractivity contribution < 1.29 is 18.7 Å². The van der Waals surface area contributed by atoms with E-state index in [1.54, 1.807) is 42.3 Å². The fraction of sp³-hybridized carbons (Fsp3) is 0.0417. The number of hydrogen-bond donors (Lipinski definition) is 2. The Morgan fingerprint density at radius 2 is 1.72 bits per heavy atom. The van der Waals surface area contributed by atoms with E-state index in [1.807, 2.05) is 30.3 Å². The highest BCUT2D eigenvalue weighted by atomic mass is 19.1. The maximum absolute atomic E-state index is 13.8. The second-order valence-corrected chi connectivity index (χ2v) is 6.91. The summed E-state index contributed by atoms with van der Waals surface area (Å²) in [6, 6.07) is 20.1. The molecule has 1 aromatic heterocycles. The molecule has 8 heteroatoms. The van der Waals surface area contributed by atoms with E-state index in [0.717, 1.165) is 11.8 Å². The molecule has 0 atom stereocenters. The fourth-order valence-corrected chi connectivity index (χ4v) is 3.21. The van der Waals surface area contributed by atoms with Crippen LogP contribution < -0.4 is 15.8 Å². The quantitative estimate of drug-likeness (QED) is 0.482. The first-order valence-electron chi connectivity index (χ1n) is 9.66. The van der Waals surface area contributed by atoms with Gasteiger partial charge in [-0.2, -0.15) is 5.10 Å². The molecule has 3 N–H and O–H groups in total. The van der Waals surface area contributed by atoms with Crippen LogP contribution >= 0.6 is 0 Å². The summed E-state index contributed by atoms with van der Waals surface area (Å²) >= 11 is 0. The van der Waals surface area contributed by atoms with Crippen molar-refractivity contribution in [2.75, 3.05) is 12.4 Å². The average molecular weight is 430 g/mol. The van der Waals surface area contributed by atoms with Crippen molar-refractivity contribution in [2.45, 2.75) is 0 Å². The number of nitrogens with one attached hydrogen (secondary N) is 1. The minimum atomic E-state index is -0.922. The number of aromatic nitrogens is 2. The van der Waals surface area contributed by atoms with Gasteiger partial charge in [0, 0.05) is 17.4 Å². The molecule has 0 bridgehead atoms. The van der Waals surface area contributed by atoms with Crippen LogP contribution in [-0.4, -0.2) is 28.7 Å². The lowest BCUT2D eigenvalue weighted by molar-refractivity contribution is 0.0992. The highest BCUT2D eigenvalue weighted by Gasteiger charge is 2.20. The third-order valence-electron chi connectivity index (χ3n) is 4.83. The predicted molar refractivity (Wildman–Crippen MR) is 118 cm³/mol. The van der Waals surface area contributed by atoms with Crippen LogP contribution in [0.25, 0.3) is 16.9 Å². The summed E-state index contributed by atoms with van der Waals surface area (Å²) in [6.07, 6.45) is 1.61. The summed E-state index contributed by atoms with van der Waals surface area (Å²) in [6.45, 7) is 0. The molecule has 4 rings (SSSR count). The highest BCUT2D eigenvalue weighted by molar-refractivity contribution is 6.08. The molecule has 0 aliphatic carbocycles. The van der Waals surface area contributed by atoms with Gasteiger partial charge in [0.05, 0.1) is 23.9 Å². The SMILES string of the molecule is COc1ccc(-c2nn(-c3ccccc3)cc2C(=O)Nc2ccc(F)c(C(N)=O)c2)cc1. The van der Waals surface area contributed by atoms with Crippen LogP contribution in [0.2, 0.25) is 0 Å². The second-order valence-electron chi connectivity index (χ2n) is 6.91.